The van der Waals surface area contributed by atoms with Gasteiger partial charge in [0.2, 0.25) is 0 Å². The van der Waals surface area contributed by atoms with Crippen molar-refractivity contribution in [2.45, 2.75) is 19.4 Å². The van der Waals surface area contributed by atoms with Crippen LogP contribution in [0.15, 0.2) is 33.2 Å². The second-order valence-corrected chi connectivity index (χ2v) is 5.36. The van der Waals surface area contributed by atoms with E-state index in [9.17, 15) is 5.11 Å². The zero-order valence-electron chi connectivity index (χ0n) is 10.5. The van der Waals surface area contributed by atoms with Gasteiger partial charge >= 0.3 is 0 Å². The SMILES string of the molecule is COCCC(C)C(O)c1cc2cccc(Br)c2o1. The first-order chi connectivity index (χ1) is 8.63. The molecular weight excluding hydrogens is 296 g/mol. The van der Waals surface area contributed by atoms with E-state index in [0.29, 0.717) is 12.4 Å². The average molecular weight is 313 g/mol. The summed E-state index contributed by atoms with van der Waals surface area (Å²) in [6, 6.07) is 7.75. The van der Waals surface area contributed by atoms with Gasteiger partial charge in [-0.05, 0) is 40.4 Å². The van der Waals surface area contributed by atoms with Gasteiger partial charge in [-0.1, -0.05) is 19.1 Å². The number of hydrogen-bond donors (Lipinski definition) is 1. The predicted molar refractivity (Wildman–Crippen MR) is 74.5 cm³/mol. The molecule has 1 heterocycles. The summed E-state index contributed by atoms with van der Waals surface area (Å²) in [6.07, 6.45) is 0.204. The van der Waals surface area contributed by atoms with E-state index in [1.807, 2.05) is 31.2 Å². The van der Waals surface area contributed by atoms with Crippen LogP contribution in [0, 0.1) is 5.92 Å². The summed E-state index contributed by atoms with van der Waals surface area (Å²) < 4.78 is 11.7. The molecule has 3 nitrogen and oxygen atoms in total. The molecule has 1 aromatic carbocycles. The molecule has 0 radical (unpaired) electrons. The maximum atomic E-state index is 10.2. The van der Waals surface area contributed by atoms with Crippen molar-refractivity contribution >= 4 is 26.9 Å². The van der Waals surface area contributed by atoms with Crippen LogP contribution in [-0.4, -0.2) is 18.8 Å². The van der Waals surface area contributed by atoms with Crippen molar-refractivity contribution in [3.63, 3.8) is 0 Å². The maximum absolute atomic E-state index is 10.2. The number of para-hydroxylation sites is 1. The van der Waals surface area contributed by atoms with Gasteiger partial charge in [0.25, 0.3) is 0 Å². The van der Waals surface area contributed by atoms with Crippen LogP contribution in [0.3, 0.4) is 0 Å². The van der Waals surface area contributed by atoms with Gasteiger partial charge in [-0.2, -0.15) is 0 Å². The Labute approximate surface area is 115 Å². The summed E-state index contributed by atoms with van der Waals surface area (Å²) in [6.45, 7) is 2.63. The summed E-state index contributed by atoms with van der Waals surface area (Å²) >= 11 is 3.44. The smallest absolute Gasteiger partial charge is 0.148 e. The number of hydrogen-bond acceptors (Lipinski definition) is 3. The summed E-state index contributed by atoms with van der Waals surface area (Å²) in [5.41, 5.74) is 0.783. The predicted octanol–water partition coefficient (Wildman–Crippen LogP) is 3.90. The van der Waals surface area contributed by atoms with Crippen molar-refractivity contribution < 1.29 is 14.3 Å². The molecule has 0 aliphatic rings. The monoisotopic (exact) mass is 312 g/mol. The van der Waals surface area contributed by atoms with Crippen LogP contribution in [0.2, 0.25) is 0 Å². The normalized spacial score (nSPS) is 14.9. The molecule has 2 aromatic rings. The molecule has 1 N–H and O–H groups in total. The highest BCUT2D eigenvalue weighted by Gasteiger charge is 2.20. The minimum atomic E-state index is -0.598. The molecule has 0 spiro atoms. The Morgan fingerprint density at radius 2 is 2.22 bits per heavy atom. The van der Waals surface area contributed by atoms with Crippen LogP contribution in [0.5, 0.6) is 0 Å². The first kappa shape index (κ1) is 13.6. The van der Waals surface area contributed by atoms with E-state index in [1.54, 1.807) is 7.11 Å². The molecule has 2 unspecified atom stereocenters. The van der Waals surface area contributed by atoms with Gasteiger partial charge in [-0.3, -0.25) is 0 Å². The van der Waals surface area contributed by atoms with Crippen molar-refractivity contribution in [1.82, 2.24) is 0 Å². The van der Waals surface area contributed by atoms with Gasteiger partial charge in [0.05, 0.1) is 4.47 Å². The fraction of sp³-hybridized carbons (Fsp3) is 0.429. The molecule has 2 rings (SSSR count). The molecule has 2 atom stereocenters. The van der Waals surface area contributed by atoms with Crippen LogP contribution in [0.4, 0.5) is 0 Å². The number of benzene rings is 1. The second kappa shape index (κ2) is 5.87. The lowest BCUT2D eigenvalue weighted by Gasteiger charge is -2.15. The Morgan fingerprint density at radius 3 is 2.89 bits per heavy atom. The second-order valence-electron chi connectivity index (χ2n) is 4.51. The number of furan rings is 1. The number of ether oxygens (including phenoxy) is 1. The lowest BCUT2D eigenvalue weighted by Crippen LogP contribution is -2.10. The van der Waals surface area contributed by atoms with E-state index < -0.39 is 6.10 Å². The quantitative estimate of drug-likeness (QED) is 0.910. The Bertz CT molecular complexity index is 521. The van der Waals surface area contributed by atoms with E-state index in [2.05, 4.69) is 15.9 Å². The van der Waals surface area contributed by atoms with E-state index in [1.165, 1.54) is 0 Å². The standard InChI is InChI=1S/C14H17BrO3/c1-9(6-7-17-2)13(16)12-8-10-4-3-5-11(15)14(10)18-12/h3-5,8-9,13,16H,6-7H2,1-2H3. The third-order valence-corrected chi connectivity index (χ3v) is 3.75. The third kappa shape index (κ3) is 2.76. The number of fused-ring (bicyclic) bond motifs is 1. The number of aliphatic hydroxyl groups excluding tert-OH is 1. The lowest BCUT2D eigenvalue weighted by atomic mass is 9.99. The van der Waals surface area contributed by atoms with Crippen molar-refractivity contribution in [1.29, 1.82) is 0 Å². The molecule has 18 heavy (non-hydrogen) atoms. The number of halogens is 1. The van der Waals surface area contributed by atoms with Gasteiger partial charge in [0, 0.05) is 19.1 Å². The molecule has 0 aliphatic heterocycles. The fourth-order valence-corrected chi connectivity index (χ4v) is 2.40. The average Bonchev–Trinajstić information content (AvgIpc) is 2.80. The number of rotatable bonds is 5. The maximum Gasteiger partial charge on any atom is 0.148 e. The number of aliphatic hydroxyl groups is 1. The summed E-state index contributed by atoms with van der Waals surface area (Å²) in [5, 5.41) is 11.2. The van der Waals surface area contributed by atoms with Gasteiger partial charge in [0.15, 0.2) is 0 Å². The molecule has 4 heteroatoms. The molecule has 1 aromatic heterocycles. The fourth-order valence-electron chi connectivity index (χ4n) is 1.94. The minimum Gasteiger partial charge on any atom is -0.457 e. The first-order valence-corrected chi connectivity index (χ1v) is 6.77. The summed E-state index contributed by atoms with van der Waals surface area (Å²) in [5.74, 6) is 0.713. The molecule has 0 amide bonds. The molecule has 0 aliphatic carbocycles. The van der Waals surface area contributed by atoms with Crippen LogP contribution < -0.4 is 0 Å². The van der Waals surface area contributed by atoms with Gasteiger partial charge in [0.1, 0.15) is 17.4 Å². The van der Waals surface area contributed by atoms with Crippen molar-refractivity contribution in [3.8, 4) is 0 Å². The van der Waals surface area contributed by atoms with E-state index in [4.69, 9.17) is 9.15 Å². The number of methoxy groups -OCH3 is 1. The highest BCUT2D eigenvalue weighted by atomic mass is 79.9. The van der Waals surface area contributed by atoms with E-state index in [-0.39, 0.29) is 5.92 Å². The van der Waals surface area contributed by atoms with Crippen LogP contribution in [0.25, 0.3) is 11.0 Å². The van der Waals surface area contributed by atoms with Crippen molar-refractivity contribution in [2.24, 2.45) is 5.92 Å². The molecule has 0 saturated carbocycles. The highest BCUT2D eigenvalue weighted by Crippen LogP contribution is 2.32. The summed E-state index contributed by atoms with van der Waals surface area (Å²) in [7, 11) is 1.66. The van der Waals surface area contributed by atoms with Crippen LogP contribution in [0.1, 0.15) is 25.2 Å². The van der Waals surface area contributed by atoms with Gasteiger partial charge in [-0.25, -0.2) is 0 Å². The third-order valence-electron chi connectivity index (χ3n) is 3.12. The van der Waals surface area contributed by atoms with Gasteiger partial charge < -0.3 is 14.3 Å². The molecule has 0 saturated heterocycles. The zero-order chi connectivity index (χ0) is 13.1. The van der Waals surface area contributed by atoms with Crippen LogP contribution in [-0.2, 0) is 4.74 Å². The largest absolute Gasteiger partial charge is 0.457 e. The Kier molecular flexibility index (Phi) is 4.43. The van der Waals surface area contributed by atoms with Crippen molar-refractivity contribution in [2.75, 3.05) is 13.7 Å². The van der Waals surface area contributed by atoms with Crippen LogP contribution >= 0.6 is 15.9 Å². The van der Waals surface area contributed by atoms with E-state index in [0.717, 1.165) is 21.9 Å². The van der Waals surface area contributed by atoms with Crippen molar-refractivity contribution in [3.05, 3.63) is 34.5 Å². The Morgan fingerprint density at radius 1 is 1.44 bits per heavy atom. The molecular formula is C14H17BrO3. The zero-order valence-corrected chi connectivity index (χ0v) is 12.1. The Balaban J connectivity index is 2.22. The van der Waals surface area contributed by atoms with E-state index >= 15 is 0 Å². The molecule has 0 fully saturated rings. The Hall–Kier alpha value is -0.840. The van der Waals surface area contributed by atoms with Gasteiger partial charge in [-0.15, -0.1) is 0 Å². The highest BCUT2D eigenvalue weighted by molar-refractivity contribution is 9.10. The topological polar surface area (TPSA) is 42.6 Å². The lowest BCUT2D eigenvalue weighted by molar-refractivity contribution is 0.0728. The first-order valence-electron chi connectivity index (χ1n) is 5.98. The molecule has 98 valence electrons. The molecule has 0 bridgehead atoms. The summed E-state index contributed by atoms with van der Waals surface area (Å²) in [4.78, 5) is 0. The minimum absolute atomic E-state index is 0.101.